The summed E-state index contributed by atoms with van der Waals surface area (Å²) in [4.78, 5) is 67.4. The highest BCUT2D eigenvalue weighted by Crippen LogP contribution is 2.46. The number of Topliss-reactive ketones (excluding diaryl/α,β-unsaturated/α-hetero) is 1. The van der Waals surface area contributed by atoms with E-state index in [1.54, 1.807) is 49.9 Å². The third-order valence-electron chi connectivity index (χ3n) is 8.81. The first-order valence-electron chi connectivity index (χ1n) is 18.8. The predicted molar refractivity (Wildman–Crippen MR) is 207 cm³/mol. The molecule has 1 fully saturated rings. The lowest BCUT2D eigenvalue weighted by atomic mass is 9.78. The fraction of sp³-hybridized carbons (Fsp3) is 0.465. The summed E-state index contributed by atoms with van der Waals surface area (Å²) in [6.45, 7) is 13.9. The molecular formula is C43H53F2N3O8. The first-order valence-corrected chi connectivity index (χ1v) is 18.8. The highest BCUT2D eigenvalue weighted by atomic mass is 19.1. The second kappa shape index (κ2) is 18.6. The molecule has 302 valence electrons. The summed E-state index contributed by atoms with van der Waals surface area (Å²) in [5.41, 5.74) is 0.196. The molecule has 1 aliphatic heterocycles. The summed E-state index contributed by atoms with van der Waals surface area (Å²) in [7, 11) is 0. The van der Waals surface area contributed by atoms with Gasteiger partial charge in [0.05, 0.1) is 24.2 Å². The monoisotopic (exact) mass is 777 g/mol. The average molecular weight is 778 g/mol. The van der Waals surface area contributed by atoms with Gasteiger partial charge in [0.15, 0.2) is 18.4 Å². The second-order valence-corrected chi connectivity index (χ2v) is 16.3. The smallest absolute Gasteiger partial charge is 0.331 e. The SMILES string of the molecule is CC(C)C[C@@H](NC(=O)COc1ccc([C@@H]2[C@@H](CCC(=O)c3ccc(F)cc3)C(=O)N2c2ccc(F)cc2)cc1)C(=O)N[C@@H](COC(C)(C)C)C(=O)OC(C)(C)C. The maximum atomic E-state index is 13.7. The van der Waals surface area contributed by atoms with Gasteiger partial charge in [-0.25, -0.2) is 13.6 Å². The van der Waals surface area contributed by atoms with E-state index in [0.29, 0.717) is 17.0 Å². The van der Waals surface area contributed by atoms with E-state index in [1.165, 1.54) is 48.5 Å². The van der Waals surface area contributed by atoms with Crippen molar-refractivity contribution in [3.63, 3.8) is 0 Å². The first kappa shape index (κ1) is 43.6. The van der Waals surface area contributed by atoms with Gasteiger partial charge in [0.1, 0.15) is 29.0 Å². The van der Waals surface area contributed by atoms with Crippen LogP contribution in [0.1, 0.15) is 96.6 Å². The zero-order valence-electron chi connectivity index (χ0n) is 33.3. The molecule has 0 aliphatic carbocycles. The minimum Gasteiger partial charge on any atom is -0.484 e. The Bertz CT molecular complexity index is 1830. The second-order valence-electron chi connectivity index (χ2n) is 16.3. The molecule has 4 atom stereocenters. The number of hydrogen-bond donors (Lipinski definition) is 2. The first-order chi connectivity index (χ1) is 26.2. The maximum Gasteiger partial charge on any atom is 0.331 e. The van der Waals surface area contributed by atoms with E-state index in [-0.39, 0.29) is 43.5 Å². The summed E-state index contributed by atoms with van der Waals surface area (Å²) < 4.78 is 44.2. The molecule has 3 aromatic carbocycles. The topological polar surface area (TPSA) is 140 Å². The Kier molecular flexibility index (Phi) is 14.5. The van der Waals surface area contributed by atoms with Gasteiger partial charge in [-0.1, -0.05) is 26.0 Å². The van der Waals surface area contributed by atoms with Gasteiger partial charge in [-0.2, -0.15) is 0 Å². The van der Waals surface area contributed by atoms with Crippen molar-refractivity contribution < 1.29 is 47.0 Å². The number of anilines is 1. The van der Waals surface area contributed by atoms with Gasteiger partial charge in [0.25, 0.3) is 5.91 Å². The molecule has 3 amide bonds. The summed E-state index contributed by atoms with van der Waals surface area (Å²) in [6.07, 6.45) is 0.589. The van der Waals surface area contributed by atoms with Crippen LogP contribution < -0.4 is 20.3 Å². The van der Waals surface area contributed by atoms with Crippen LogP contribution in [-0.4, -0.2) is 66.0 Å². The van der Waals surface area contributed by atoms with Gasteiger partial charge in [0, 0.05) is 17.7 Å². The van der Waals surface area contributed by atoms with Crippen molar-refractivity contribution >= 4 is 35.2 Å². The fourth-order valence-corrected chi connectivity index (χ4v) is 6.16. The minimum absolute atomic E-state index is 0.0167. The summed E-state index contributed by atoms with van der Waals surface area (Å²) in [5.74, 6) is -3.32. The van der Waals surface area contributed by atoms with Crippen LogP contribution in [0.3, 0.4) is 0 Å². The van der Waals surface area contributed by atoms with Crippen molar-refractivity contribution in [2.75, 3.05) is 18.1 Å². The lowest BCUT2D eigenvalue weighted by molar-refractivity contribution is -0.162. The molecule has 0 radical (unpaired) electrons. The number of hydrogen-bond acceptors (Lipinski definition) is 8. The number of ether oxygens (including phenoxy) is 3. The largest absolute Gasteiger partial charge is 0.484 e. The molecule has 0 aromatic heterocycles. The van der Waals surface area contributed by atoms with Crippen molar-refractivity contribution in [1.82, 2.24) is 10.6 Å². The van der Waals surface area contributed by atoms with Crippen molar-refractivity contribution in [2.45, 2.75) is 104 Å². The number of halogens is 2. The quantitative estimate of drug-likeness (QED) is 0.0859. The van der Waals surface area contributed by atoms with Gasteiger partial charge in [-0.15, -0.1) is 0 Å². The zero-order chi connectivity index (χ0) is 41.4. The van der Waals surface area contributed by atoms with Crippen LogP contribution in [0.15, 0.2) is 72.8 Å². The number of nitrogens with zero attached hydrogens (tertiary/aromatic N) is 1. The number of β-lactam (4-membered cyclic amide) rings is 1. The zero-order valence-corrected chi connectivity index (χ0v) is 33.3. The standard InChI is InChI=1S/C43H53F2N3O8/c1-26(2)23-34(39(51)47-35(24-55-42(3,4)5)41(53)56-43(6,7)8)46-37(50)25-54-32-19-11-28(12-20-32)38-33(21-22-36(49)27-9-13-29(44)14-10-27)40(52)48(38)31-17-15-30(45)16-18-31/h9-20,26,33-35,38H,21-25H2,1-8H3,(H,46,50)(H,47,51)/t33-,34-,35+,38-/m1/s1. The summed E-state index contributed by atoms with van der Waals surface area (Å²) in [5, 5.41) is 5.42. The number of benzene rings is 3. The number of ketones is 1. The van der Waals surface area contributed by atoms with Crippen molar-refractivity contribution in [2.24, 2.45) is 11.8 Å². The Labute approximate surface area is 327 Å². The van der Waals surface area contributed by atoms with Gasteiger partial charge >= 0.3 is 5.97 Å². The number of carbonyl (C=O) groups excluding carboxylic acids is 5. The number of amides is 3. The number of carbonyl (C=O) groups is 5. The molecule has 0 saturated carbocycles. The normalized spacial score (nSPS) is 16.8. The number of esters is 1. The van der Waals surface area contributed by atoms with Crippen molar-refractivity contribution in [3.05, 3.63) is 95.6 Å². The van der Waals surface area contributed by atoms with Crippen LogP contribution in [-0.2, 0) is 28.7 Å². The minimum atomic E-state index is -1.11. The Hall–Kier alpha value is -5.17. The summed E-state index contributed by atoms with van der Waals surface area (Å²) in [6, 6.07) is 15.0. The van der Waals surface area contributed by atoms with Gasteiger partial charge in [0.2, 0.25) is 11.8 Å². The fourth-order valence-electron chi connectivity index (χ4n) is 6.16. The molecule has 1 aliphatic rings. The maximum absolute atomic E-state index is 13.7. The Morgan fingerprint density at radius 3 is 1.93 bits per heavy atom. The van der Waals surface area contributed by atoms with Gasteiger partial charge in [-0.3, -0.25) is 19.2 Å². The molecule has 1 heterocycles. The number of rotatable bonds is 17. The molecule has 0 unspecified atom stereocenters. The molecule has 11 nitrogen and oxygen atoms in total. The van der Waals surface area contributed by atoms with E-state index in [9.17, 15) is 32.8 Å². The summed E-state index contributed by atoms with van der Waals surface area (Å²) >= 11 is 0. The van der Waals surface area contributed by atoms with E-state index >= 15 is 0 Å². The molecule has 3 aromatic rings. The average Bonchev–Trinajstić information content (AvgIpc) is 3.11. The van der Waals surface area contributed by atoms with E-state index in [2.05, 4.69) is 10.6 Å². The van der Waals surface area contributed by atoms with E-state index in [0.717, 1.165) is 5.56 Å². The van der Waals surface area contributed by atoms with E-state index < -0.39 is 71.3 Å². The molecule has 0 bridgehead atoms. The highest BCUT2D eigenvalue weighted by Gasteiger charge is 2.48. The Morgan fingerprint density at radius 1 is 0.786 bits per heavy atom. The molecule has 2 N–H and O–H groups in total. The molecular weight excluding hydrogens is 724 g/mol. The highest BCUT2D eigenvalue weighted by molar-refractivity contribution is 6.04. The lowest BCUT2D eigenvalue weighted by Crippen LogP contribution is -2.55. The molecule has 56 heavy (non-hydrogen) atoms. The Morgan fingerprint density at radius 2 is 1.38 bits per heavy atom. The van der Waals surface area contributed by atoms with Crippen molar-refractivity contribution in [3.8, 4) is 5.75 Å². The third kappa shape index (κ3) is 12.7. The van der Waals surface area contributed by atoms with Crippen LogP contribution in [0.4, 0.5) is 14.5 Å². The number of nitrogens with one attached hydrogen (secondary N) is 2. The van der Waals surface area contributed by atoms with E-state index in [1.807, 2.05) is 34.6 Å². The van der Waals surface area contributed by atoms with Crippen LogP contribution in [0.25, 0.3) is 0 Å². The van der Waals surface area contributed by atoms with Gasteiger partial charge in [-0.05, 0) is 127 Å². The molecule has 13 heteroatoms. The van der Waals surface area contributed by atoms with Crippen LogP contribution in [0.2, 0.25) is 0 Å². The predicted octanol–water partition coefficient (Wildman–Crippen LogP) is 6.88. The van der Waals surface area contributed by atoms with Crippen LogP contribution in [0, 0.1) is 23.5 Å². The van der Waals surface area contributed by atoms with Crippen LogP contribution >= 0.6 is 0 Å². The van der Waals surface area contributed by atoms with E-state index in [4.69, 9.17) is 14.2 Å². The lowest BCUT2D eigenvalue weighted by Gasteiger charge is -2.47. The Balaban J connectivity index is 1.42. The van der Waals surface area contributed by atoms with Crippen molar-refractivity contribution in [1.29, 1.82) is 0 Å². The molecule has 0 spiro atoms. The van der Waals surface area contributed by atoms with Crippen LogP contribution in [0.5, 0.6) is 5.75 Å². The van der Waals surface area contributed by atoms with Gasteiger partial charge < -0.3 is 29.7 Å². The third-order valence-corrected chi connectivity index (χ3v) is 8.81. The molecule has 4 rings (SSSR count). The molecule has 1 saturated heterocycles.